The molecule has 0 aliphatic carbocycles. The largest absolute Gasteiger partial charge is 0.330 e. The summed E-state index contributed by atoms with van der Waals surface area (Å²) in [6.07, 6.45) is 3.86. The number of unbranched alkanes of at least 4 members (excludes halogenated alkanes) is 1. The lowest BCUT2D eigenvalue weighted by Gasteiger charge is -2.34. The highest BCUT2D eigenvalue weighted by Crippen LogP contribution is 2.20. The monoisotopic (exact) mass is 184 g/mol. The van der Waals surface area contributed by atoms with Crippen LogP contribution in [0.3, 0.4) is 0 Å². The predicted molar refractivity (Wildman–Crippen MR) is 57.7 cm³/mol. The maximum Gasteiger partial charge on any atom is 0.000724 e. The van der Waals surface area contributed by atoms with E-state index in [9.17, 15) is 0 Å². The van der Waals surface area contributed by atoms with Gasteiger partial charge in [0.15, 0.2) is 0 Å². The van der Waals surface area contributed by atoms with Crippen molar-refractivity contribution < 1.29 is 0 Å². The molecule has 13 heavy (non-hydrogen) atoms. The summed E-state index contributed by atoms with van der Waals surface area (Å²) in [5, 5.41) is 0. The molecule has 78 valence electrons. The molecule has 0 saturated carbocycles. The van der Waals surface area contributed by atoms with Crippen molar-refractivity contribution in [3.8, 4) is 0 Å². The third kappa shape index (κ3) is 4.10. The molecule has 1 rings (SSSR count). The fourth-order valence-corrected chi connectivity index (χ4v) is 2.45. The Kier molecular flexibility index (Phi) is 4.74. The van der Waals surface area contributed by atoms with Crippen LogP contribution in [0.25, 0.3) is 0 Å². The van der Waals surface area contributed by atoms with Crippen LogP contribution in [0.4, 0.5) is 0 Å². The van der Waals surface area contributed by atoms with Gasteiger partial charge in [-0.15, -0.1) is 0 Å². The summed E-state index contributed by atoms with van der Waals surface area (Å²) in [4.78, 5) is 2.61. The van der Waals surface area contributed by atoms with Crippen molar-refractivity contribution >= 4 is 0 Å². The first kappa shape index (κ1) is 11.0. The van der Waals surface area contributed by atoms with Gasteiger partial charge in [-0.1, -0.05) is 13.8 Å². The molecule has 0 bridgehead atoms. The summed E-state index contributed by atoms with van der Waals surface area (Å²) in [5.41, 5.74) is 5.48. The topological polar surface area (TPSA) is 29.3 Å². The van der Waals surface area contributed by atoms with Crippen molar-refractivity contribution in [2.24, 2.45) is 17.6 Å². The van der Waals surface area contributed by atoms with E-state index in [-0.39, 0.29) is 0 Å². The number of nitrogens with zero attached hydrogens (tertiary/aromatic N) is 1. The van der Waals surface area contributed by atoms with E-state index in [1.807, 2.05) is 0 Å². The van der Waals surface area contributed by atoms with Gasteiger partial charge < -0.3 is 10.6 Å². The molecule has 2 heteroatoms. The summed E-state index contributed by atoms with van der Waals surface area (Å²) in [6, 6.07) is 0. The second-order valence-electron chi connectivity index (χ2n) is 4.70. The van der Waals surface area contributed by atoms with E-state index in [0.29, 0.717) is 0 Å². The average molecular weight is 184 g/mol. The SMILES string of the molecule is C[C@@H]1C[C@H](C)CN(CCCCN)C1. The Balaban J connectivity index is 2.17. The molecule has 0 amide bonds. The van der Waals surface area contributed by atoms with Gasteiger partial charge in [-0.25, -0.2) is 0 Å². The first-order valence-corrected chi connectivity index (χ1v) is 5.64. The molecule has 1 aliphatic heterocycles. The molecule has 0 spiro atoms. The maximum absolute atomic E-state index is 5.48. The van der Waals surface area contributed by atoms with Gasteiger partial charge in [0.25, 0.3) is 0 Å². The average Bonchev–Trinajstić information content (AvgIpc) is 2.03. The van der Waals surface area contributed by atoms with Crippen molar-refractivity contribution in [3.63, 3.8) is 0 Å². The van der Waals surface area contributed by atoms with Crippen molar-refractivity contribution in [3.05, 3.63) is 0 Å². The summed E-state index contributed by atoms with van der Waals surface area (Å²) >= 11 is 0. The fraction of sp³-hybridized carbons (Fsp3) is 1.00. The molecule has 1 heterocycles. The predicted octanol–water partition coefficient (Wildman–Crippen LogP) is 1.70. The number of likely N-dealkylation sites (tertiary alicyclic amines) is 1. The third-order valence-electron chi connectivity index (χ3n) is 2.87. The van der Waals surface area contributed by atoms with Crippen molar-refractivity contribution in [2.45, 2.75) is 33.1 Å². The number of nitrogens with two attached hydrogens (primary N) is 1. The number of hydrogen-bond donors (Lipinski definition) is 1. The van der Waals surface area contributed by atoms with Gasteiger partial charge in [0, 0.05) is 13.1 Å². The van der Waals surface area contributed by atoms with Gasteiger partial charge in [0.05, 0.1) is 0 Å². The summed E-state index contributed by atoms with van der Waals surface area (Å²) in [6.45, 7) is 9.44. The van der Waals surface area contributed by atoms with Gasteiger partial charge in [-0.3, -0.25) is 0 Å². The Morgan fingerprint density at radius 3 is 2.31 bits per heavy atom. The van der Waals surface area contributed by atoms with Crippen LogP contribution < -0.4 is 5.73 Å². The molecule has 0 aromatic rings. The minimum Gasteiger partial charge on any atom is -0.330 e. The van der Waals surface area contributed by atoms with Crippen LogP contribution in [0.1, 0.15) is 33.1 Å². The quantitative estimate of drug-likeness (QED) is 0.674. The van der Waals surface area contributed by atoms with Gasteiger partial charge >= 0.3 is 0 Å². The van der Waals surface area contributed by atoms with Gasteiger partial charge in [-0.05, 0) is 44.2 Å². The highest BCUT2D eigenvalue weighted by molar-refractivity contribution is 4.74. The Morgan fingerprint density at radius 1 is 1.15 bits per heavy atom. The Hall–Kier alpha value is -0.0800. The first-order valence-electron chi connectivity index (χ1n) is 5.64. The van der Waals surface area contributed by atoms with E-state index >= 15 is 0 Å². The second-order valence-corrected chi connectivity index (χ2v) is 4.70. The molecule has 0 aromatic heterocycles. The minimum atomic E-state index is 0.846. The standard InChI is InChI=1S/C11H24N2/c1-10-7-11(2)9-13(8-10)6-4-3-5-12/h10-11H,3-9,12H2,1-2H3/t10-,11+. The molecule has 1 saturated heterocycles. The van der Waals surface area contributed by atoms with Crippen LogP contribution in [0, 0.1) is 11.8 Å². The number of hydrogen-bond acceptors (Lipinski definition) is 2. The minimum absolute atomic E-state index is 0.846. The van der Waals surface area contributed by atoms with Crippen LogP contribution in [-0.2, 0) is 0 Å². The van der Waals surface area contributed by atoms with E-state index < -0.39 is 0 Å². The van der Waals surface area contributed by atoms with Crippen LogP contribution in [0.5, 0.6) is 0 Å². The Bertz CT molecular complexity index is 126. The highest BCUT2D eigenvalue weighted by atomic mass is 15.1. The smallest absolute Gasteiger partial charge is 0.000724 e. The molecule has 2 atom stereocenters. The molecule has 1 fully saturated rings. The Morgan fingerprint density at radius 2 is 1.77 bits per heavy atom. The third-order valence-corrected chi connectivity index (χ3v) is 2.87. The van der Waals surface area contributed by atoms with E-state index in [1.54, 1.807) is 0 Å². The zero-order valence-electron chi connectivity index (χ0n) is 9.13. The zero-order valence-corrected chi connectivity index (χ0v) is 9.13. The summed E-state index contributed by atoms with van der Waals surface area (Å²) in [7, 11) is 0. The molecule has 0 radical (unpaired) electrons. The first-order chi connectivity index (χ1) is 6.22. The van der Waals surface area contributed by atoms with E-state index in [4.69, 9.17) is 5.73 Å². The molecule has 0 unspecified atom stereocenters. The van der Waals surface area contributed by atoms with Crippen LogP contribution in [0.15, 0.2) is 0 Å². The van der Waals surface area contributed by atoms with Crippen LogP contribution >= 0.6 is 0 Å². The maximum atomic E-state index is 5.48. The lowest BCUT2D eigenvalue weighted by atomic mass is 9.92. The summed E-state index contributed by atoms with van der Waals surface area (Å²) in [5.74, 6) is 1.78. The van der Waals surface area contributed by atoms with Crippen molar-refractivity contribution in [1.29, 1.82) is 0 Å². The highest BCUT2D eigenvalue weighted by Gasteiger charge is 2.20. The zero-order chi connectivity index (χ0) is 9.68. The van der Waals surface area contributed by atoms with E-state index in [1.165, 1.54) is 38.9 Å². The van der Waals surface area contributed by atoms with Crippen LogP contribution in [-0.4, -0.2) is 31.1 Å². The molecular weight excluding hydrogens is 160 g/mol. The lowest BCUT2D eigenvalue weighted by Crippen LogP contribution is -2.39. The lowest BCUT2D eigenvalue weighted by molar-refractivity contribution is 0.139. The van der Waals surface area contributed by atoms with Gasteiger partial charge in [-0.2, -0.15) is 0 Å². The summed E-state index contributed by atoms with van der Waals surface area (Å²) < 4.78 is 0. The molecule has 2 N–H and O–H groups in total. The normalized spacial score (nSPS) is 30.7. The Labute approximate surface area is 82.5 Å². The van der Waals surface area contributed by atoms with Gasteiger partial charge in [0.2, 0.25) is 0 Å². The van der Waals surface area contributed by atoms with Crippen LogP contribution in [0.2, 0.25) is 0 Å². The fourth-order valence-electron chi connectivity index (χ4n) is 2.45. The molecular formula is C11H24N2. The molecule has 0 aromatic carbocycles. The van der Waals surface area contributed by atoms with E-state index in [0.717, 1.165) is 18.4 Å². The van der Waals surface area contributed by atoms with Crippen molar-refractivity contribution in [2.75, 3.05) is 26.2 Å². The van der Waals surface area contributed by atoms with Crippen molar-refractivity contribution in [1.82, 2.24) is 4.90 Å². The molecule has 1 aliphatic rings. The van der Waals surface area contributed by atoms with Gasteiger partial charge in [0.1, 0.15) is 0 Å². The number of rotatable bonds is 4. The number of piperidine rings is 1. The molecule has 2 nitrogen and oxygen atoms in total. The second kappa shape index (κ2) is 5.61. The van der Waals surface area contributed by atoms with E-state index in [2.05, 4.69) is 18.7 Å².